The summed E-state index contributed by atoms with van der Waals surface area (Å²) in [6, 6.07) is 1.67. The van der Waals surface area contributed by atoms with E-state index in [4.69, 9.17) is 4.74 Å². The maximum absolute atomic E-state index is 11.9. The molecule has 6 heteroatoms. The average Bonchev–Trinajstić information content (AvgIpc) is 2.36. The fourth-order valence-corrected chi connectivity index (χ4v) is 1.51. The molecule has 0 atom stereocenters. The van der Waals surface area contributed by atoms with Crippen molar-refractivity contribution in [2.75, 3.05) is 14.2 Å². The Morgan fingerprint density at radius 3 is 2.55 bits per heavy atom. The van der Waals surface area contributed by atoms with Crippen LogP contribution in [0.3, 0.4) is 0 Å². The van der Waals surface area contributed by atoms with Crippen LogP contribution < -0.4 is 0 Å². The number of carbonyl (C=O) groups excluding carboxylic acids is 2. The fourth-order valence-electron chi connectivity index (χ4n) is 1.51. The zero-order valence-corrected chi connectivity index (χ0v) is 12.5. The Balaban J connectivity index is 2.83. The smallest absolute Gasteiger partial charge is 0.410 e. The van der Waals surface area contributed by atoms with Crippen LogP contribution in [0.4, 0.5) is 4.79 Å². The second kappa shape index (κ2) is 6.36. The molecule has 0 radical (unpaired) electrons. The van der Waals surface area contributed by atoms with Crippen molar-refractivity contribution in [2.45, 2.75) is 32.9 Å². The predicted molar refractivity (Wildman–Crippen MR) is 73.3 cm³/mol. The van der Waals surface area contributed by atoms with E-state index in [1.165, 1.54) is 18.2 Å². The van der Waals surface area contributed by atoms with Crippen molar-refractivity contribution in [1.29, 1.82) is 0 Å². The van der Waals surface area contributed by atoms with E-state index in [2.05, 4.69) is 9.72 Å². The van der Waals surface area contributed by atoms with Crippen LogP contribution in [0.15, 0.2) is 18.5 Å². The van der Waals surface area contributed by atoms with E-state index in [1.54, 1.807) is 40.1 Å². The lowest BCUT2D eigenvalue weighted by molar-refractivity contribution is 0.0282. The number of methoxy groups -OCH3 is 1. The van der Waals surface area contributed by atoms with E-state index >= 15 is 0 Å². The highest BCUT2D eigenvalue weighted by Gasteiger charge is 2.21. The van der Waals surface area contributed by atoms with Gasteiger partial charge in [-0.1, -0.05) is 0 Å². The standard InChI is InChI=1S/C14H20N2O4/c1-14(2,3)20-13(18)16(4)9-10-6-7-15-8-11(10)12(17)19-5/h6-8H,9H2,1-5H3. The molecule has 110 valence electrons. The number of aromatic nitrogens is 1. The molecule has 0 saturated heterocycles. The Morgan fingerprint density at radius 1 is 1.35 bits per heavy atom. The largest absolute Gasteiger partial charge is 0.465 e. The van der Waals surface area contributed by atoms with Crippen molar-refractivity contribution in [3.05, 3.63) is 29.6 Å². The highest BCUT2D eigenvalue weighted by molar-refractivity contribution is 5.90. The van der Waals surface area contributed by atoms with E-state index in [0.29, 0.717) is 11.1 Å². The van der Waals surface area contributed by atoms with Crippen LogP contribution in [0.25, 0.3) is 0 Å². The molecule has 1 rings (SSSR count). The molecule has 1 aromatic rings. The number of esters is 1. The third-order valence-electron chi connectivity index (χ3n) is 2.43. The summed E-state index contributed by atoms with van der Waals surface area (Å²) in [7, 11) is 2.91. The molecule has 0 fully saturated rings. The first-order valence-corrected chi connectivity index (χ1v) is 6.20. The molecule has 0 aliphatic heterocycles. The van der Waals surface area contributed by atoms with Crippen LogP contribution in [0, 0.1) is 0 Å². The maximum atomic E-state index is 11.9. The number of ether oxygens (including phenoxy) is 2. The summed E-state index contributed by atoms with van der Waals surface area (Å²) >= 11 is 0. The third kappa shape index (κ3) is 4.53. The van der Waals surface area contributed by atoms with Crippen LogP contribution in [0.5, 0.6) is 0 Å². The molecule has 0 bridgehead atoms. The van der Waals surface area contributed by atoms with Crippen LogP contribution in [0.1, 0.15) is 36.7 Å². The van der Waals surface area contributed by atoms with Crippen LogP contribution in [-0.2, 0) is 16.0 Å². The second-order valence-electron chi connectivity index (χ2n) is 5.36. The molecule has 1 heterocycles. The lowest BCUT2D eigenvalue weighted by Gasteiger charge is -2.25. The minimum atomic E-state index is -0.561. The van der Waals surface area contributed by atoms with Crippen molar-refractivity contribution < 1.29 is 19.1 Å². The first-order chi connectivity index (χ1) is 9.24. The Kier molecular flexibility index (Phi) is 5.07. The molecule has 0 aliphatic carbocycles. The summed E-state index contributed by atoms with van der Waals surface area (Å²) in [5.41, 5.74) is 0.431. The Bertz CT molecular complexity index is 494. The maximum Gasteiger partial charge on any atom is 0.410 e. The highest BCUT2D eigenvalue weighted by atomic mass is 16.6. The number of pyridine rings is 1. The van der Waals surface area contributed by atoms with Crippen LogP contribution in [0.2, 0.25) is 0 Å². The molecule has 1 aromatic heterocycles. The Hall–Kier alpha value is -2.11. The summed E-state index contributed by atoms with van der Waals surface area (Å²) in [6.07, 6.45) is 2.53. The summed E-state index contributed by atoms with van der Waals surface area (Å²) in [5.74, 6) is -0.481. The minimum absolute atomic E-state index is 0.238. The molecule has 0 unspecified atom stereocenters. The van der Waals surface area contributed by atoms with Gasteiger partial charge in [-0.3, -0.25) is 4.98 Å². The molecule has 6 nitrogen and oxygen atoms in total. The zero-order valence-electron chi connectivity index (χ0n) is 12.5. The van der Waals surface area contributed by atoms with Crippen LogP contribution >= 0.6 is 0 Å². The molecule has 0 aliphatic rings. The van der Waals surface area contributed by atoms with Crippen molar-refractivity contribution >= 4 is 12.1 Å². The summed E-state index contributed by atoms with van der Waals surface area (Å²) < 4.78 is 9.94. The topological polar surface area (TPSA) is 68.7 Å². The number of amides is 1. The van der Waals surface area contributed by atoms with E-state index < -0.39 is 17.7 Å². The van der Waals surface area contributed by atoms with Gasteiger partial charge in [0.25, 0.3) is 0 Å². The molecule has 20 heavy (non-hydrogen) atoms. The van der Waals surface area contributed by atoms with Gasteiger partial charge in [0, 0.05) is 26.0 Å². The quantitative estimate of drug-likeness (QED) is 0.794. The van der Waals surface area contributed by atoms with Crippen molar-refractivity contribution in [2.24, 2.45) is 0 Å². The average molecular weight is 280 g/mol. The molecule has 0 aromatic carbocycles. The second-order valence-corrected chi connectivity index (χ2v) is 5.36. The van der Waals surface area contributed by atoms with Gasteiger partial charge in [0.1, 0.15) is 5.60 Å². The molecule has 0 saturated carbocycles. The van der Waals surface area contributed by atoms with Gasteiger partial charge in [-0.05, 0) is 32.4 Å². The Morgan fingerprint density at radius 2 is 2.00 bits per heavy atom. The fraction of sp³-hybridized carbons (Fsp3) is 0.500. The van der Waals surface area contributed by atoms with Gasteiger partial charge < -0.3 is 14.4 Å². The summed E-state index contributed by atoms with van der Waals surface area (Å²) in [5, 5.41) is 0. The lowest BCUT2D eigenvalue weighted by atomic mass is 10.1. The number of hydrogen-bond acceptors (Lipinski definition) is 5. The van der Waals surface area contributed by atoms with Crippen LogP contribution in [-0.4, -0.2) is 41.7 Å². The summed E-state index contributed by atoms with van der Waals surface area (Å²) in [6.45, 7) is 5.63. The Labute approximate surface area is 118 Å². The van der Waals surface area contributed by atoms with Gasteiger partial charge in [0.05, 0.1) is 12.7 Å². The normalized spacial score (nSPS) is 10.8. The van der Waals surface area contributed by atoms with Crippen molar-refractivity contribution in [1.82, 2.24) is 9.88 Å². The monoisotopic (exact) mass is 280 g/mol. The van der Waals surface area contributed by atoms with Crippen molar-refractivity contribution in [3.8, 4) is 0 Å². The zero-order chi connectivity index (χ0) is 15.3. The SMILES string of the molecule is COC(=O)c1cnccc1CN(C)C(=O)OC(C)(C)C. The van der Waals surface area contributed by atoms with E-state index in [9.17, 15) is 9.59 Å². The van der Waals surface area contributed by atoms with Crippen molar-refractivity contribution in [3.63, 3.8) is 0 Å². The minimum Gasteiger partial charge on any atom is -0.465 e. The number of carbonyl (C=O) groups is 2. The van der Waals surface area contributed by atoms with Gasteiger partial charge in [-0.2, -0.15) is 0 Å². The predicted octanol–water partition coefficient (Wildman–Crippen LogP) is 2.24. The van der Waals surface area contributed by atoms with E-state index in [0.717, 1.165) is 0 Å². The van der Waals surface area contributed by atoms with E-state index in [-0.39, 0.29) is 6.54 Å². The first-order valence-electron chi connectivity index (χ1n) is 6.20. The number of hydrogen-bond donors (Lipinski definition) is 0. The molecule has 0 N–H and O–H groups in total. The highest BCUT2D eigenvalue weighted by Crippen LogP contribution is 2.14. The number of rotatable bonds is 3. The van der Waals surface area contributed by atoms with Gasteiger partial charge in [0.15, 0.2) is 0 Å². The lowest BCUT2D eigenvalue weighted by Crippen LogP contribution is -2.34. The first kappa shape index (κ1) is 15.9. The molecular weight excluding hydrogens is 260 g/mol. The van der Waals surface area contributed by atoms with Gasteiger partial charge >= 0.3 is 12.1 Å². The third-order valence-corrected chi connectivity index (χ3v) is 2.43. The molecule has 0 spiro atoms. The molecular formula is C14H20N2O4. The summed E-state index contributed by atoms with van der Waals surface area (Å²) in [4.78, 5) is 28.8. The van der Waals surface area contributed by atoms with E-state index in [1.807, 2.05) is 0 Å². The van der Waals surface area contributed by atoms with Gasteiger partial charge in [0.2, 0.25) is 0 Å². The van der Waals surface area contributed by atoms with Gasteiger partial charge in [-0.25, -0.2) is 9.59 Å². The van der Waals surface area contributed by atoms with Gasteiger partial charge in [-0.15, -0.1) is 0 Å². The molecule has 1 amide bonds. The number of nitrogens with zero attached hydrogens (tertiary/aromatic N) is 2.